The van der Waals surface area contributed by atoms with Crippen molar-refractivity contribution in [1.82, 2.24) is 4.98 Å². The molecule has 0 atom stereocenters. The van der Waals surface area contributed by atoms with E-state index in [9.17, 15) is 4.39 Å². The minimum Gasteiger partial charge on any atom is -0.384 e. The van der Waals surface area contributed by atoms with Gasteiger partial charge in [-0.3, -0.25) is 0 Å². The average molecular weight is 193 g/mol. The number of halogens is 1. The summed E-state index contributed by atoms with van der Waals surface area (Å²) in [7, 11) is 0. The number of hydrogen-bond acceptors (Lipinski definition) is 3. The Kier molecular flexibility index (Phi) is 2.35. The van der Waals surface area contributed by atoms with Gasteiger partial charge in [-0.1, -0.05) is 6.07 Å². The molecule has 3 nitrogen and oxygen atoms in total. The zero-order valence-electron chi connectivity index (χ0n) is 7.78. The van der Waals surface area contributed by atoms with Crippen LogP contribution < -0.4 is 10.6 Å². The van der Waals surface area contributed by atoms with Crippen molar-refractivity contribution in [3.05, 3.63) is 30.1 Å². The third-order valence-corrected chi connectivity index (χ3v) is 2.19. The van der Waals surface area contributed by atoms with Gasteiger partial charge in [-0.05, 0) is 24.6 Å². The van der Waals surface area contributed by atoms with Gasteiger partial charge in [0.15, 0.2) is 0 Å². The van der Waals surface area contributed by atoms with Crippen molar-refractivity contribution in [3.8, 4) is 0 Å². The molecule has 0 saturated heterocycles. The van der Waals surface area contributed by atoms with Crippen molar-refractivity contribution in [2.75, 3.05) is 23.7 Å². The Morgan fingerprint density at radius 2 is 2.29 bits per heavy atom. The Bertz CT molecular complexity index is 362. The Labute approximate surface area is 82.0 Å². The molecular formula is C10H12FN3. The molecule has 0 saturated carbocycles. The van der Waals surface area contributed by atoms with Crippen molar-refractivity contribution in [1.29, 1.82) is 0 Å². The Hall–Kier alpha value is -1.58. The fourth-order valence-corrected chi connectivity index (χ4v) is 1.51. The van der Waals surface area contributed by atoms with E-state index in [0.29, 0.717) is 12.4 Å². The van der Waals surface area contributed by atoms with E-state index in [1.54, 1.807) is 12.1 Å². The first-order chi connectivity index (χ1) is 6.75. The summed E-state index contributed by atoms with van der Waals surface area (Å²) in [5, 5.41) is 0. The largest absolute Gasteiger partial charge is 0.384 e. The predicted molar refractivity (Wildman–Crippen MR) is 54.7 cm³/mol. The summed E-state index contributed by atoms with van der Waals surface area (Å²) >= 11 is 0. The average Bonchev–Trinajstić information content (AvgIpc) is 2.18. The van der Waals surface area contributed by atoms with E-state index in [4.69, 9.17) is 5.73 Å². The van der Waals surface area contributed by atoms with Crippen molar-refractivity contribution < 1.29 is 4.39 Å². The highest BCUT2D eigenvalue weighted by Gasteiger charge is 2.13. The SMILES string of the molecule is Nc1cccc(N2CCC=C(F)C2)n1. The van der Waals surface area contributed by atoms with Crippen LogP contribution in [0.2, 0.25) is 0 Å². The molecule has 0 amide bonds. The third kappa shape index (κ3) is 1.84. The molecule has 0 fully saturated rings. The molecule has 2 rings (SSSR count). The van der Waals surface area contributed by atoms with Gasteiger partial charge in [0.2, 0.25) is 0 Å². The first-order valence-corrected chi connectivity index (χ1v) is 4.58. The number of aromatic nitrogens is 1. The molecular weight excluding hydrogens is 181 g/mol. The van der Waals surface area contributed by atoms with Crippen LogP contribution in [0.3, 0.4) is 0 Å². The maximum absolute atomic E-state index is 13.0. The number of anilines is 2. The van der Waals surface area contributed by atoms with E-state index in [1.165, 1.54) is 0 Å². The highest BCUT2D eigenvalue weighted by atomic mass is 19.1. The highest BCUT2D eigenvalue weighted by Crippen LogP contribution is 2.18. The number of nitrogen functional groups attached to an aromatic ring is 1. The molecule has 74 valence electrons. The molecule has 1 aliphatic heterocycles. The summed E-state index contributed by atoms with van der Waals surface area (Å²) in [6.07, 6.45) is 2.34. The lowest BCUT2D eigenvalue weighted by Gasteiger charge is -2.25. The summed E-state index contributed by atoms with van der Waals surface area (Å²) < 4.78 is 13.0. The van der Waals surface area contributed by atoms with E-state index in [2.05, 4.69) is 4.98 Å². The van der Waals surface area contributed by atoms with Gasteiger partial charge in [-0.25, -0.2) is 9.37 Å². The second kappa shape index (κ2) is 3.65. The smallest absolute Gasteiger partial charge is 0.131 e. The van der Waals surface area contributed by atoms with E-state index >= 15 is 0 Å². The maximum atomic E-state index is 13.0. The molecule has 0 spiro atoms. The third-order valence-electron chi connectivity index (χ3n) is 2.19. The lowest BCUT2D eigenvalue weighted by atomic mass is 10.2. The van der Waals surface area contributed by atoms with Crippen LogP contribution in [-0.4, -0.2) is 18.1 Å². The number of rotatable bonds is 1. The zero-order valence-corrected chi connectivity index (χ0v) is 7.78. The first kappa shape index (κ1) is 8.99. The van der Waals surface area contributed by atoms with Gasteiger partial charge >= 0.3 is 0 Å². The normalized spacial score (nSPS) is 16.6. The minimum absolute atomic E-state index is 0.0968. The van der Waals surface area contributed by atoms with Crippen molar-refractivity contribution in [2.24, 2.45) is 0 Å². The van der Waals surface area contributed by atoms with Gasteiger partial charge in [0.05, 0.1) is 6.54 Å². The first-order valence-electron chi connectivity index (χ1n) is 4.58. The molecule has 1 aliphatic rings. The molecule has 1 aromatic heterocycles. The number of nitrogens with two attached hydrogens (primary N) is 1. The quantitative estimate of drug-likeness (QED) is 0.738. The van der Waals surface area contributed by atoms with Crippen LogP contribution in [0.4, 0.5) is 16.0 Å². The van der Waals surface area contributed by atoms with Crippen LogP contribution in [0.1, 0.15) is 6.42 Å². The molecule has 14 heavy (non-hydrogen) atoms. The molecule has 1 aromatic rings. The van der Waals surface area contributed by atoms with Crippen molar-refractivity contribution in [2.45, 2.75) is 6.42 Å². The van der Waals surface area contributed by atoms with Crippen LogP contribution in [0.25, 0.3) is 0 Å². The summed E-state index contributed by atoms with van der Waals surface area (Å²) in [6.45, 7) is 1.10. The summed E-state index contributed by atoms with van der Waals surface area (Å²) in [4.78, 5) is 6.02. The van der Waals surface area contributed by atoms with Crippen LogP contribution in [0, 0.1) is 0 Å². The molecule has 2 heterocycles. The van der Waals surface area contributed by atoms with Crippen LogP contribution in [0.15, 0.2) is 30.1 Å². The standard InChI is InChI=1S/C10H12FN3/c11-8-3-2-6-14(7-8)10-5-1-4-9(12)13-10/h1,3-5H,2,6-7H2,(H2,12,13). The van der Waals surface area contributed by atoms with Crippen molar-refractivity contribution in [3.63, 3.8) is 0 Å². The monoisotopic (exact) mass is 193 g/mol. The second-order valence-corrected chi connectivity index (χ2v) is 3.28. The van der Waals surface area contributed by atoms with Gasteiger partial charge in [0.25, 0.3) is 0 Å². The topological polar surface area (TPSA) is 42.1 Å². The fourth-order valence-electron chi connectivity index (χ4n) is 1.51. The number of nitrogens with zero attached hydrogens (tertiary/aromatic N) is 2. The van der Waals surface area contributed by atoms with Gasteiger partial charge in [0.1, 0.15) is 17.5 Å². The summed E-state index contributed by atoms with van der Waals surface area (Å²) in [6, 6.07) is 5.39. The van der Waals surface area contributed by atoms with Gasteiger partial charge in [-0.2, -0.15) is 0 Å². The Morgan fingerprint density at radius 1 is 1.43 bits per heavy atom. The molecule has 2 N–H and O–H groups in total. The van der Waals surface area contributed by atoms with Crippen LogP contribution >= 0.6 is 0 Å². The van der Waals surface area contributed by atoms with Gasteiger partial charge < -0.3 is 10.6 Å². The molecule has 0 aliphatic carbocycles. The van der Waals surface area contributed by atoms with E-state index in [-0.39, 0.29) is 5.83 Å². The fraction of sp³-hybridized carbons (Fsp3) is 0.300. The zero-order chi connectivity index (χ0) is 9.97. The van der Waals surface area contributed by atoms with E-state index < -0.39 is 0 Å². The lowest BCUT2D eigenvalue weighted by Crippen LogP contribution is -2.29. The molecule has 0 bridgehead atoms. The minimum atomic E-state index is -0.0968. The summed E-state index contributed by atoms with van der Waals surface area (Å²) in [5.74, 6) is 1.12. The Balaban J connectivity index is 2.19. The number of pyridine rings is 1. The molecule has 0 radical (unpaired) electrons. The maximum Gasteiger partial charge on any atom is 0.131 e. The number of hydrogen-bond donors (Lipinski definition) is 1. The van der Waals surface area contributed by atoms with Crippen LogP contribution in [0.5, 0.6) is 0 Å². The molecule has 0 unspecified atom stereocenters. The second-order valence-electron chi connectivity index (χ2n) is 3.28. The molecule has 4 heteroatoms. The van der Waals surface area contributed by atoms with Gasteiger partial charge in [-0.15, -0.1) is 0 Å². The lowest BCUT2D eigenvalue weighted by molar-refractivity contribution is 0.573. The van der Waals surface area contributed by atoms with E-state index in [0.717, 1.165) is 18.8 Å². The predicted octanol–water partition coefficient (Wildman–Crippen LogP) is 1.73. The van der Waals surface area contributed by atoms with E-state index in [1.807, 2.05) is 17.0 Å². The summed E-state index contributed by atoms with van der Waals surface area (Å²) in [5.41, 5.74) is 5.55. The van der Waals surface area contributed by atoms with Crippen molar-refractivity contribution >= 4 is 11.6 Å². The van der Waals surface area contributed by atoms with Gasteiger partial charge in [0, 0.05) is 6.54 Å². The van der Waals surface area contributed by atoms with Crippen LogP contribution in [-0.2, 0) is 0 Å². The highest BCUT2D eigenvalue weighted by molar-refractivity contribution is 5.46. The molecule has 0 aromatic carbocycles. The Morgan fingerprint density at radius 3 is 3.00 bits per heavy atom.